The van der Waals surface area contributed by atoms with Crippen molar-refractivity contribution in [3.8, 4) is 0 Å². The number of rotatable bonds is 3. The molecule has 1 saturated heterocycles. The van der Waals surface area contributed by atoms with Crippen molar-refractivity contribution >= 4 is 11.7 Å². The van der Waals surface area contributed by atoms with Crippen LogP contribution in [0.15, 0.2) is 30.7 Å². The lowest BCUT2D eigenvalue weighted by atomic mass is 9.96. The maximum atomic E-state index is 12.7. The largest absolute Gasteiger partial charge is 0.416 e. The number of nitrogens with one attached hydrogen (secondary N) is 1. The first-order chi connectivity index (χ1) is 11.3. The molecule has 24 heavy (non-hydrogen) atoms. The molecular weight excluding hydrogens is 325 g/mol. The average Bonchev–Trinajstić information content (AvgIpc) is 3.15. The van der Waals surface area contributed by atoms with Crippen LogP contribution < -0.4 is 5.32 Å². The van der Waals surface area contributed by atoms with Crippen LogP contribution in [0.3, 0.4) is 0 Å². The molecule has 0 aromatic carbocycles. The second-order valence-corrected chi connectivity index (χ2v) is 5.55. The summed E-state index contributed by atoms with van der Waals surface area (Å²) in [6.45, 7) is 0.396. The van der Waals surface area contributed by atoms with Crippen LogP contribution in [-0.4, -0.2) is 27.3 Å². The first kappa shape index (κ1) is 16.4. The molecule has 1 N–H and O–H groups in total. The Hall–Kier alpha value is -2.42. The number of carbonyl (C=O) groups is 1. The van der Waals surface area contributed by atoms with Gasteiger partial charge in [0.05, 0.1) is 23.8 Å². The van der Waals surface area contributed by atoms with Gasteiger partial charge in [-0.2, -0.15) is 18.3 Å². The number of hydrogen-bond donors (Lipinski definition) is 1. The molecule has 3 rings (SSSR count). The number of aromatic nitrogens is 3. The molecule has 0 spiro atoms. The highest BCUT2D eigenvalue weighted by atomic mass is 19.4. The van der Waals surface area contributed by atoms with Gasteiger partial charge in [-0.25, -0.2) is 4.98 Å². The van der Waals surface area contributed by atoms with Crippen molar-refractivity contribution in [3.05, 3.63) is 41.9 Å². The predicted molar refractivity (Wildman–Crippen MR) is 77.9 cm³/mol. The molecule has 0 bridgehead atoms. The molecule has 3 heterocycles. The van der Waals surface area contributed by atoms with E-state index in [1.54, 1.807) is 24.1 Å². The van der Waals surface area contributed by atoms with Gasteiger partial charge in [0.25, 0.3) is 0 Å². The van der Waals surface area contributed by atoms with Gasteiger partial charge in [-0.1, -0.05) is 0 Å². The van der Waals surface area contributed by atoms with E-state index in [1.807, 2.05) is 0 Å². The topological polar surface area (TPSA) is 69.0 Å². The third kappa shape index (κ3) is 3.40. The molecule has 1 aliphatic rings. The Labute approximate surface area is 135 Å². The average molecular weight is 340 g/mol. The van der Waals surface area contributed by atoms with E-state index < -0.39 is 29.7 Å². The van der Waals surface area contributed by atoms with Gasteiger partial charge in [0.2, 0.25) is 5.91 Å². The molecular formula is C15H15F3N4O2. The summed E-state index contributed by atoms with van der Waals surface area (Å²) in [4.78, 5) is 16.2. The summed E-state index contributed by atoms with van der Waals surface area (Å²) in [6, 6.07) is 1.67. The van der Waals surface area contributed by atoms with Gasteiger partial charge in [-0.3, -0.25) is 9.48 Å². The van der Waals surface area contributed by atoms with Crippen LogP contribution in [0.2, 0.25) is 0 Å². The first-order valence-electron chi connectivity index (χ1n) is 7.29. The zero-order valence-corrected chi connectivity index (χ0v) is 12.7. The van der Waals surface area contributed by atoms with Gasteiger partial charge < -0.3 is 10.1 Å². The SMILES string of the molecule is Cn1cc([C@H]2OCC[C@@H]2C(=O)Nc2cc(C(F)(F)F)ccn2)cn1. The molecule has 0 unspecified atom stereocenters. The third-order valence-electron chi connectivity index (χ3n) is 3.82. The zero-order valence-electron chi connectivity index (χ0n) is 12.7. The fourth-order valence-electron chi connectivity index (χ4n) is 2.67. The number of alkyl halides is 3. The van der Waals surface area contributed by atoms with E-state index >= 15 is 0 Å². The molecule has 0 radical (unpaired) electrons. The summed E-state index contributed by atoms with van der Waals surface area (Å²) >= 11 is 0. The number of amides is 1. The van der Waals surface area contributed by atoms with Crippen molar-refractivity contribution in [2.24, 2.45) is 13.0 Å². The minimum atomic E-state index is -4.49. The Morgan fingerprint density at radius 3 is 2.92 bits per heavy atom. The molecule has 1 fully saturated rings. The molecule has 2 atom stereocenters. The Kier molecular flexibility index (Phi) is 4.27. The van der Waals surface area contributed by atoms with Crippen LogP contribution in [0.25, 0.3) is 0 Å². The normalized spacial score (nSPS) is 21.0. The van der Waals surface area contributed by atoms with Gasteiger partial charge in [0.1, 0.15) is 5.82 Å². The molecule has 128 valence electrons. The van der Waals surface area contributed by atoms with Crippen LogP contribution in [0.4, 0.5) is 19.0 Å². The highest BCUT2D eigenvalue weighted by Crippen LogP contribution is 2.35. The number of hydrogen-bond acceptors (Lipinski definition) is 4. The molecule has 2 aromatic heterocycles. The fraction of sp³-hybridized carbons (Fsp3) is 0.400. The Bertz CT molecular complexity index is 744. The summed E-state index contributed by atoms with van der Waals surface area (Å²) in [7, 11) is 1.75. The van der Waals surface area contributed by atoms with Crippen molar-refractivity contribution in [3.63, 3.8) is 0 Å². The lowest BCUT2D eigenvalue weighted by molar-refractivity contribution is -0.137. The summed E-state index contributed by atoms with van der Waals surface area (Å²) in [5.41, 5.74) is -0.105. The molecule has 2 aromatic rings. The van der Waals surface area contributed by atoms with Gasteiger partial charge in [-0.05, 0) is 18.6 Å². The van der Waals surface area contributed by atoms with Crippen molar-refractivity contribution in [1.82, 2.24) is 14.8 Å². The maximum Gasteiger partial charge on any atom is 0.416 e. The minimum absolute atomic E-state index is 0.133. The van der Waals surface area contributed by atoms with E-state index in [-0.39, 0.29) is 5.82 Å². The number of pyridine rings is 1. The van der Waals surface area contributed by atoms with Crippen molar-refractivity contribution in [1.29, 1.82) is 0 Å². The smallest absolute Gasteiger partial charge is 0.373 e. The lowest BCUT2D eigenvalue weighted by Crippen LogP contribution is -2.25. The van der Waals surface area contributed by atoms with E-state index in [4.69, 9.17) is 4.74 Å². The van der Waals surface area contributed by atoms with Gasteiger partial charge >= 0.3 is 6.18 Å². The van der Waals surface area contributed by atoms with Crippen LogP contribution in [0, 0.1) is 5.92 Å². The van der Waals surface area contributed by atoms with Crippen molar-refractivity contribution < 1.29 is 22.7 Å². The molecule has 1 amide bonds. The lowest BCUT2D eigenvalue weighted by Gasteiger charge is -2.17. The second kappa shape index (κ2) is 6.23. The predicted octanol–water partition coefficient (Wildman–Crippen LogP) is 2.55. The number of nitrogens with zero attached hydrogens (tertiary/aromatic N) is 3. The monoisotopic (exact) mass is 340 g/mol. The zero-order chi connectivity index (χ0) is 17.3. The number of ether oxygens (including phenoxy) is 1. The van der Waals surface area contributed by atoms with Crippen LogP contribution >= 0.6 is 0 Å². The molecule has 0 saturated carbocycles. The number of aryl methyl sites for hydroxylation is 1. The quantitative estimate of drug-likeness (QED) is 0.932. The summed E-state index contributed by atoms with van der Waals surface area (Å²) < 4.78 is 45.4. The summed E-state index contributed by atoms with van der Waals surface area (Å²) in [5.74, 6) is -1.06. The van der Waals surface area contributed by atoms with E-state index in [0.717, 1.165) is 23.9 Å². The Morgan fingerprint density at radius 2 is 2.25 bits per heavy atom. The van der Waals surface area contributed by atoms with E-state index in [9.17, 15) is 18.0 Å². The van der Waals surface area contributed by atoms with Crippen LogP contribution in [-0.2, 0) is 22.8 Å². The molecule has 0 aliphatic carbocycles. The Morgan fingerprint density at radius 1 is 1.46 bits per heavy atom. The van der Waals surface area contributed by atoms with E-state index in [1.165, 1.54) is 0 Å². The number of carbonyl (C=O) groups excluding carboxylic acids is 1. The van der Waals surface area contributed by atoms with Gasteiger partial charge in [-0.15, -0.1) is 0 Å². The fourth-order valence-corrected chi connectivity index (χ4v) is 2.67. The van der Waals surface area contributed by atoms with E-state index in [0.29, 0.717) is 13.0 Å². The number of halogens is 3. The Balaban J connectivity index is 1.75. The van der Waals surface area contributed by atoms with Crippen molar-refractivity contribution in [2.45, 2.75) is 18.7 Å². The second-order valence-electron chi connectivity index (χ2n) is 5.55. The van der Waals surface area contributed by atoms with Gasteiger partial charge in [0.15, 0.2) is 0 Å². The summed E-state index contributed by atoms with van der Waals surface area (Å²) in [6.07, 6.45) is -0.106. The van der Waals surface area contributed by atoms with Crippen LogP contribution in [0.1, 0.15) is 23.7 Å². The van der Waals surface area contributed by atoms with Crippen molar-refractivity contribution in [2.75, 3.05) is 11.9 Å². The highest BCUT2D eigenvalue weighted by Gasteiger charge is 2.36. The van der Waals surface area contributed by atoms with Gasteiger partial charge in [0, 0.05) is 31.6 Å². The molecule has 1 aliphatic heterocycles. The summed E-state index contributed by atoms with van der Waals surface area (Å²) in [5, 5.41) is 6.49. The number of anilines is 1. The standard InChI is InChI=1S/C15H15F3N4O2/c1-22-8-9(7-20-22)13-11(3-5-24-13)14(23)21-12-6-10(2-4-19-12)15(16,17)18/h2,4,6-8,11,13H,3,5H2,1H3,(H,19,21,23)/t11-,13+/m0/s1. The van der Waals surface area contributed by atoms with E-state index in [2.05, 4.69) is 15.4 Å². The molecule has 6 nitrogen and oxygen atoms in total. The maximum absolute atomic E-state index is 12.7. The minimum Gasteiger partial charge on any atom is -0.373 e. The highest BCUT2D eigenvalue weighted by molar-refractivity contribution is 5.92. The van der Waals surface area contributed by atoms with Crippen LogP contribution in [0.5, 0.6) is 0 Å². The molecule has 9 heteroatoms. The first-order valence-corrected chi connectivity index (χ1v) is 7.29. The third-order valence-corrected chi connectivity index (χ3v) is 3.82.